The molecule has 120 valence electrons. The molecule has 1 fully saturated rings. The minimum absolute atomic E-state index is 0.0409. The van der Waals surface area contributed by atoms with E-state index in [4.69, 9.17) is 0 Å². The van der Waals surface area contributed by atoms with Crippen LogP contribution in [-0.4, -0.2) is 35.8 Å². The topological polar surface area (TPSA) is 49.4 Å². The molecular formula is C18H26N2O2. The predicted molar refractivity (Wildman–Crippen MR) is 87.6 cm³/mol. The van der Waals surface area contributed by atoms with Gasteiger partial charge in [-0.15, -0.1) is 0 Å². The van der Waals surface area contributed by atoms with Gasteiger partial charge in [0.2, 0.25) is 5.91 Å². The second-order valence-corrected chi connectivity index (χ2v) is 6.13. The fraction of sp³-hybridized carbons (Fsp3) is 0.556. The summed E-state index contributed by atoms with van der Waals surface area (Å²) in [4.78, 5) is 26.4. The number of nitrogens with zero attached hydrogens (tertiary/aromatic N) is 1. The Hall–Kier alpha value is -1.84. The maximum Gasteiger partial charge on any atom is 0.253 e. The Kier molecular flexibility index (Phi) is 5.99. The zero-order chi connectivity index (χ0) is 15.9. The lowest BCUT2D eigenvalue weighted by Gasteiger charge is -2.32. The van der Waals surface area contributed by atoms with Crippen molar-refractivity contribution in [1.29, 1.82) is 0 Å². The summed E-state index contributed by atoms with van der Waals surface area (Å²) in [5, 5.41) is 3.08. The molecule has 1 atom stereocenters. The zero-order valence-electron chi connectivity index (χ0n) is 13.5. The third-order valence-corrected chi connectivity index (χ3v) is 4.28. The summed E-state index contributed by atoms with van der Waals surface area (Å²) in [6, 6.07) is 9.58. The molecule has 1 unspecified atom stereocenters. The minimum atomic E-state index is 0.0409. The van der Waals surface area contributed by atoms with Crippen molar-refractivity contribution in [3.8, 4) is 0 Å². The number of rotatable bonds is 5. The van der Waals surface area contributed by atoms with Gasteiger partial charge in [0.05, 0.1) is 0 Å². The van der Waals surface area contributed by atoms with Gasteiger partial charge < -0.3 is 10.2 Å². The van der Waals surface area contributed by atoms with Crippen LogP contribution in [0, 0.1) is 5.92 Å². The largest absolute Gasteiger partial charge is 0.353 e. The van der Waals surface area contributed by atoms with Crippen molar-refractivity contribution in [3.63, 3.8) is 0 Å². The van der Waals surface area contributed by atoms with Crippen molar-refractivity contribution in [2.75, 3.05) is 13.1 Å². The Morgan fingerprint density at radius 2 is 1.86 bits per heavy atom. The average molecular weight is 302 g/mol. The number of carbonyl (C=O) groups is 2. The third kappa shape index (κ3) is 4.33. The average Bonchev–Trinajstić information content (AvgIpc) is 2.55. The fourth-order valence-corrected chi connectivity index (χ4v) is 2.97. The van der Waals surface area contributed by atoms with Gasteiger partial charge in [0.1, 0.15) is 0 Å². The lowest BCUT2D eigenvalue weighted by atomic mass is 9.95. The zero-order valence-corrected chi connectivity index (χ0v) is 13.5. The molecule has 22 heavy (non-hydrogen) atoms. The molecule has 1 aliphatic heterocycles. The van der Waals surface area contributed by atoms with Crippen LogP contribution in [-0.2, 0) is 4.79 Å². The van der Waals surface area contributed by atoms with E-state index in [9.17, 15) is 9.59 Å². The van der Waals surface area contributed by atoms with E-state index in [1.54, 1.807) is 0 Å². The van der Waals surface area contributed by atoms with E-state index in [0.717, 1.165) is 31.2 Å². The lowest BCUT2D eigenvalue weighted by molar-refractivity contribution is -0.126. The van der Waals surface area contributed by atoms with Crippen LogP contribution in [0.25, 0.3) is 0 Å². The molecule has 0 spiro atoms. The van der Waals surface area contributed by atoms with Crippen molar-refractivity contribution in [1.82, 2.24) is 10.2 Å². The second kappa shape index (κ2) is 7.97. The van der Waals surface area contributed by atoms with Crippen LogP contribution >= 0.6 is 0 Å². The summed E-state index contributed by atoms with van der Waals surface area (Å²) in [6.07, 6.45) is 3.59. The SMILES string of the molecule is CCCC(C)NC(=O)C1CCN(C(=O)c2ccccc2)CC1. The minimum Gasteiger partial charge on any atom is -0.353 e. The molecule has 0 aliphatic carbocycles. The van der Waals surface area contributed by atoms with E-state index in [1.165, 1.54) is 0 Å². The van der Waals surface area contributed by atoms with Crippen molar-refractivity contribution in [2.24, 2.45) is 5.92 Å². The van der Waals surface area contributed by atoms with Gasteiger partial charge in [0.15, 0.2) is 0 Å². The van der Waals surface area contributed by atoms with Crippen LogP contribution in [0.15, 0.2) is 30.3 Å². The van der Waals surface area contributed by atoms with Crippen molar-refractivity contribution in [3.05, 3.63) is 35.9 Å². The smallest absolute Gasteiger partial charge is 0.253 e. The summed E-state index contributed by atoms with van der Waals surface area (Å²) < 4.78 is 0. The van der Waals surface area contributed by atoms with Crippen LogP contribution in [0.4, 0.5) is 0 Å². The second-order valence-electron chi connectivity index (χ2n) is 6.13. The summed E-state index contributed by atoms with van der Waals surface area (Å²) in [5.74, 6) is 0.255. The van der Waals surface area contributed by atoms with Gasteiger partial charge in [-0.25, -0.2) is 0 Å². The summed E-state index contributed by atoms with van der Waals surface area (Å²) in [5.41, 5.74) is 0.724. The number of nitrogens with one attached hydrogen (secondary N) is 1. The highest BCUT2D eigenvalue weighted by Gasteiger charge is 2.28. The Labute approximate surface area is 132 Å². The Morgan fingerprint density at radius 3 is 2.45 bits per heavy atom. The molecule has 2 amide bonds. The number of piperidine rings is 1. The summed E-state index contributed by atoms with van der Waals surface area (Å²) >= 11 is 0. The first-order chi connectivity index (χ1) is 10.6. The highest BCUT2D eigenvalue weighted by molar-refractivity contribution is 5.94. The normalized spacial score (nSPS) is 17.1. The first-order valence-corrected chi connectivity index (χ1v) is 8.26. The monoisotopic (exact) mass is 302 g/mol. The molecule has 4 heteroatoms. The first-order valence-electron chi connectivity index (χ1n) is 8.26. The molecule has 0 bridgehead atoms. The van der Waals surface area contributed by atoms with E-state index < -0.39 is 0 Å². The highest BCUT2D eigenvalue weighted by atomic mass is 16.2. The Balaban J connectivity index is 1.83. The fourth-order valence-electron chi connectivity index (χ4n) is 2.97. The van der Waals surface area contributed by atoms with Crippen LogP contribution in [0.1, 0.15) is 49.9 Å². The van der Waals surface area contributed by atoms with Gasteiger partial charge >= 0.3 is 0 Å². The molecule has 1 saturated heterocycles. The summed E-state index contributed by atoms with van der Waals surface area (Å²) in [7, 11) is 0. The number of hydrogen-bond donors (Lipinski definition) is 1. The van der Waals surface area contributed by atoms with E-state index in [1.807, 2.05) is 35.2 Å². The van der Waals surface area contributed by atoms with E-state index in [2.05, 4.69) is 19.2 Å². The molecule has 2 rings (SSSR count). The van der Waals surface area contributed by atoms with Crippen LogP contribution < -0.4 is 5.32 Å². The number of carbonyl (C=O) groups excluding carboxylic acids is 2. The van der Waals surface area contributed by atoms with Gasteiger partial charge in [-0.05, 0) is 38.3 Å². The molecule has 1 N–H and O–H groups in total. The highest BCUT2D eigenvalue weighted by Crippen LogP contribution is 2.19. The third-order valence-electron chi connectivity index (χ3n) is 4.28. The van der Waals surface area contributed by atoms with Gasteiger partial charge in [0, 0.05) is 30.6 Å². The number of benzene rings is 1. The standard InChI is InChI=1S/C18H26N2O2/c1-3-7-14(2)19-17(21)15-10-12-20(13-11-15)18(22)16-8-5-4-6-9-16/h4-6,8-9,14-15H,3,7,10-13H2,1-2H3,(H,19,21). The van der Waals surface area contributed by atoms with Crippen LogP contribution in [0.2, 0.25) is 0 Å². The molecule has 1 aromatic carbocycles. The van der Waals surface area contributed by atoms with E-state index in [-0.39, 0.29) is 23.8 Å². The number of hydrogen-bond acceptors (Lipinski definition) is 2. The van der Waals surface area contributed by atoms with Crippen molar-refractivity contribution < 1.29 is 9.59 Å². The molecule has 1 aliphatic rings. The Bertz CT molecular complexity index is 493. The molecular weight excluding hydrogens is 276 g/mol. The molecule has 1 heterocycles. The summed E-state index contributed by atoms with van der Waals surface area (Å²) in [6.45, 7) is 5.49. The van der Waals surface area contributed by atoms with Gasteiger partial charge in [-0.3, -0.25) is 9.59 Å². The molecule has 4 nitrogen and oxygen atoms in total. The molecule has 0 radical (unpaired) electrons. The van der Waals surface area contributed by atoms with E-state index >= 15 is 0 Å². The van der Waals surface area contributed by atoms with Crippen LogP contribution in [0.5, 0.6) is 0 Å². The van der Waals surface area contributed by atoms with Crippen molar-refractivity contribution >= 4 is 11.8 Å². The van der Waals surface area contributed by atoms with Gasteiger partial charge in [0.25, 0.3) is 5.91 Å². The lowest BCUT2D eigenvalue weighted by Crippen LogP contribution is -2.44. The van der Waals surface area contributed by atoms with Gasteiger partial charge in [-0.1, -0.05) is 31.5 Å². The van der Waals surface area contributed by atoms with Gasteiger partial charge in [-0.2, -0.15) is 0 Å². The first kappa shape index (κ1) is 16.5. The maximum atomic E-state index is 12.4. The number of amides is 2. The molecule has 0 saturated carbocycles. The predicted octanol–water partition coefficient (Wildman–Crippen LogP) is 2.84. The molecule has 1 aromatic rings. The Morgan fingerprint density at radius 1 is 1.23 bits per heavy atom. The maximum absolute atomic E-state index is 12.4. The van der Waals surface area contributed by atoms with Crippen molar-refractivity contribution in [2.45, 2.75) is 45.6 Å². The van der Waals surface area contributed by atoms with E-state index in [0.29, 0.717) is 13.1 Å². The van der Waals surface area contributed by atoms with Crippen LogP contribution in [0.3, 0.4) is 0 Å². The molecule has 0 aromatic heterocycles. The number of likely N-dealkylation sites (tertiary alicyclic amines) is 1. The quantitative estimate of drug-likeness (QED) is 0.909.